The fourth-order valence-corrected chi connectivity index (χ4v) is 4.30. The predicted molar refractivity (Wildman–Crippen MR) is 113 cm³/mol. The van der Waals surface area contributed by atoms with E-state index in [0.29, 0.717) is 24.2 Å². The molecule has 28 heavy (non-hydrogen) atoms. The molecule has 0 saturated carbocycles. The van der Waals surface area contributed by atoms with Gasteiger partial charge in [0.15, 0.2) is 0 Å². The van der Waals surface area contributed by atoms with Crippen LogP contribution in [0.5, 0.6) is 0 Å². The van der Waals surface area contributed by atoms with E-state index < -0.39 is 0 Å². The molecule has 1 aromatic carbocycles. The van der Waals surface area contributed by atoms with Crippen molar-refractivity contribution in [3.8, 4) is 11.1 Å². The van der Waals surface area contributed by atoms with E-state index in [9.17, 15) is 4.79 Å². The van der Waals surface area contributed by atoms with Gasteiger partial charge in [0.1, 0.15) is 0 Å². The van der Waals surface area contributed by atoms with E-state index in [0.717, 1.165) is 38.0 Å². The Hall–Kier alpha value is -2.56. The van der Waals surface area contributed by atoms with Crippen LogP contribution in [0.3, 0.4) is 0 Å². The molecular weight excluding hydrogens is 348 g/mol. The third-order valence-electron chi connectivity index (χ3n) is 5.84. The zero-order valence-electron chi connectivity index (χ0n) is 16.9. The summed E-state index contributed by atoms with van der Waals surface area (Å²) in [7, 11) is 0. The van der Waals surface area contributed by atoms with Crippen LogP contribution < -0.4 is 0 Å². The van der Waals surface area contributed by atoms with Gasteiger partial charge in [0.2, 0.25) is 5.91 Å². The predicted octanol–water partition coefficient (Wildman–Crippen LogP) is 4.71. The third kappa shape index (κ3) is 4.13. The second-order valence-electron chi connectivity index (χ2n) is 8.50. The number of fused-ring (bicyclic) bond motifs is 1. The number of H-pyrrole nitrogens is 1. The second kappa shape index (κ2) is 8.21. The number of likely N-dealkylation sites (tertiary alicyclic amines) is 1. The number of benzene rings is 1. The topological polar surface area (TPSA) is 53.9 Å². The van der Waals surface area contributed by atoms with Crippen LogP contribution in [0.25, 0.3) is 22.0 Å². The first kappa shape index (κ1) is 18.8. The van der Waals surface area contributed by atoms with E-state index >= 15 is 0 Å². The maximum Gasteiger partial charge on any atom is 0.222 e. The Morgan fingerprint density at radius 2 is 2.11 bits per heavy atom. The summed E-state index contributed by atoms with van der Waals surface area (Å²) >= 11 is 0. The minimum absolute atomic E-state index is 0.328. The lowest BCUT2D eigenvalue weighted by Gasteiger charge is -2.22. The molecule has 0 radical (unpaired) electrons. The first-order valence-corrected chi connectivity index (χ1v) is 10.5. The molecule has 1 atom stereocenters. The number of nitrogens with one attached hydrogen (secondary N) is 1. The van der Waals surface area contributed by atoms with Crippen LogP contribution in [0.15, 0.2) is 42.9 Å². The highest BCUT2D eigenvalue weighted by molar-refractivity contribution is 5.85. The van der Waals surface area contributed by atoms with Gasteiger partial charge in [-0.1, -0.05) is 19.9 Å². The molecule has 148 valence electrons. The SMILES string of the molecule is CC(C)CC(=O)N1CCCC(Cn2ccc3cc(-c4cn[nH]c4)ccc32)CC1. The number of carbonyl (C=O) groups is 1. The molecule has 2 aromatic heterocycles. The lowest BCUT2D eigenvalue weighted by molar-refractivity contribution is -0.131. The van der Waals surface area contributed by atoms with Crippen LogP contribution >= 0.6 is 0 Å². The Kier molecular flexibility index (Phi) is 5.51. The number of hydrogen-bond acceptors (Lipinski definition) is 2. The van der Waals surface area contributed by atoms with Gasteiger partial charge in [-0.05, 0) is 54.9 Å². The van der Waals surface area contributed by atoms with Gasteiger partial charge in [0.25, 0.3) is 0 Å². The molecule has 1 fully saturated rings. The van der Waals surface area contributed by atoms with Crippen molar-refractivity contribution in [1.29, 1.82) is 0 Å². The highest BCUT2D eigenvalue weighted by atomic mass is 16.2. The molecule has 0 spiro atoms. The fourth-order valence-electron chi connectivity index (χ4n) is 4.30. The summed E-state index contributed by atoms with van der Waals surface area (Å²) in [6, 6.07) is 8.82. The van der Waals surface area contributed by atoms with Crippen molar-refractivity contribution in [2.75, 3.05) is 13.1 Å². The van der Waals surface area contributed by atoms with Gasteiger partial charge in [-0.25, -0.2) is 0 Å². The van der Waals surface area contributed by atoms with Gasteiger partial charge < -0.3 is 9.47 Å². The van der Waals surface area contributed by atoms with Gasteiger partial charge in [-0.3, -0.25) is 9.89 Å². The number of nitrogens with zero attached hydrogens (tertiary/aromatic N) is 3. The third-order valence-corrected chi connectivity index (χ3v) is 5.84. The summed E-state index contributed by atoms with van der Waals surface area (Å²) in [5.74, 6) is 1.39. The summed E-state index contributed by atoms with van der Waals surface area (Å²) in [5, 5.41) is 8.19. The number of rotatable bonds is 5. The first-order valence-electron chi connectivity index (χ1n) is 10.5. The molecular formula is C23H30N4O. The Labute approximate surface area is 166 Å². The molecule has 5 nitrogen and oxygen atoms in total. The Morgan fingerprint density at radius 3 is 2.89 bits per heavy atom. The van der Waals surface area contributed by atoms with Gasteiger partial charge in [-0.2, -0.15) is 5.10 Å². The van der Waals surface area contributed by atoms with Crippen molar-refractivity contribution in [3.05, 3.63) is 42.9 Å². The van der Waals surface area contributed by atoms with Gasteiger partial charge in [-0.15, -0.1) is 0 Å². The Balaban J connectivity index is 1.43. The normalized spacial score (nSPS) is 18.0. The van der Waals surface area contributed by atoms with E-state index in [4.69, 9.17) is 0 Å². The number of aromatic amines is 1. The van der Waals surface area contributed by atoms with E-state index in [1.807, 2.05) is 12.4 Å². The van der Waals surface area contributed by atoms with E-state index in [1.54, 1.807) is 0 Å². The number of aromatic nitrogens is 3. The fraction of sp³-hybridized carbons (Fsp3) is 0.478. The summed E-state index contributed by atoms with van der Waals surface area (Å²) in [4.78, 5) is 14.5. The zero-order valence-corrected chi connectivity index (χ0v) is 16.9. The molecule has 1 unspecified atom stereocenters. The molecule has 1 aliphatic heterocycles. The highest BCUT2D eigenvalue weighted by Gasteiger charge is 2.21. The molecule has 1 saturated heterocycles. The standard InChI is InChI=1S/C23H30N4O/c1-17(2)12-23(28)26-9-3-4-18(7-10-26)16-27-11-8-20-13-19(5-6-22(20)27)21-14-24-25-15-21/h5-6,8,11,13-15,17-18H,3-4,7,9-10,12,16H2,1-2H3,(H,24,25). The smallest absolute Gasteiger partial charge is 0.222 e. The molecule has 0 bridgehead atoms. The van der Waals surface area contributed by atoms with Crippen LogP contribution in [-0.4, -0.2) is 38.7 Å². The molecule has 5 heteroatoms. The van der Waals surface area contributed by atoms with E-state index in [-0.39, 0.29) is 0 Å². The Bertz CT molecular complexity index is 925. The Morgan fingerprint density at radius 1 is 1.21 bits per heavy atom. The van der Waals surface area contributed by atoms with Crippen LogP contribution in [-0.2, 0) is 11.3 Å². The number of carbonyl (C=O) groups excluding carboxylic acids is 1. The van der Waals surface area contributed by atoms with Crippen molar-refractivity contribution < 1.29 is 4.79 Å². The minimum Gasteiger partial charge on any atom is -0.347 e. The van der Waals surface area contributed by atoms with Crippen molar-refractivity contribution >= 4 is 16.8 Å². The zero-order chi connectivity index (χ0) is 19.5. The summed E-state index contributed by atoms with van der Waals surface area (Å²) in [6.07, 6.45) is 10.1. The lowest BCUT2D eigenvalue weighted by Crippen LogP contribution is -2.32. The van der Waals surface area contributed by atoms with Crippen molar-refractivity contribution in [3.63, 3.8) is 0 Å². The van der Waals surface area contributed by atoms with Gasteiger partial charge >= 0.3 is 0 Å². The van der Waals surface area contributed by atoms with Gasteiger partial charge in [0, 0.05) is 54.9 Å². The van der Waals surface area contributed by atoms with Crippen LogP contribution in [0.2, 0.25) is 0 Å². The monoisotopic (exact) mass is 378 g/mol. The average molecular weight is 379 g/mol. The molecule has 1 aliphatic rings. The maximum absolute atomic E-state index is 12.4. The average Bonchev–Trinajstić information content (AvgIpc) is 3.27. The minimum atomic E-state index is 0.328. The van der Waals surface area contributed by atoms with Crippen LogP contribution in [0.4, 0.5) is 0 Å². The number of hydrogen-bond donors (Lipinski definition) is 1. The quantitative estimate of drug-likeness (QED) is 0.699. The van der Waals surface area contributed by atoms with Crippen LogP contribution in [0.1, 0.15) is 39.5 Å². The second-order valence-corrected chi connectivity index (χ2v) is 8.50. The summed E-state index contributed by atoms with van der Waals surface area (Å²) in [5.41, 5.74) is 3.58. The number of amides is 1. The van der Waals surface area contributed by atoms with Crippen molar-refractivity contribution in [1.82, 2.24) is 19.7 Å². The molecule has 3 heterocycles. The van der Waals surface area contributed by atoms with E-state index in [2.05, 4.69) is 64.0 Å². The van der Waals surface area contributed by atoms with E-state index in [1.165, 1.54) is 22.9 Å². The molecule has 3 aromatic rings. The van der Waals surface area contributed by atoms with Crippen molar-refractivity contribution in [2.45, 2.75) is 46.1 Å². The summed E-state index contributed by atoms with van der Waals surface area (Å²) in [6.45, 7) is 7.09. The molecule has 1 amide bonds. The van der Waals surface area contributed by atoms with Crippen molar-refractivity contribution in [2.24, 2.45) is 11.8 Å². The molecule has 0 aliphatic carbocycles. The summed E-state index contributed by atoms with van der Waals surface area (Å²) < 4.78 is 2.38. The maximum atomic E-state index is 12.4. The highest BCUT2D eigenvalue weighted by Crippen LogP contribution is 2.27. The lowest BCUT2D eigenvalue weighted by atomic mass is 10.0. The first-order chi connectivity index (χ1) is 13.6. The molecule has 4 rings (SSSR count). The largest absolute Gasteiger partial charge is 0.347 e. The van der Waals surface area contributed by atoms with Crippen LogP contribution in [0, 0.1) is 11.8 Å². The molecule has 1 N–H and O–H groups in total. The van der Waals surface area contributed by atoms with Gasteiger partial charge in [0.05, 0.1) is 6.20 Å².